The second-order valence-electron chi connectivity index (χ2n) is 5.79. The fraction of sp³-hybridized carbons (Fsp3) is 0.158. The molecule has 0 bridgehead atoms. The van der Waals surface area contributed by atoms with E-state index in [1.165, 1.54) is 18.2 Å². The topological polar surface area (TPSA) is 144 Å². The van der Waals surface area contributed by atoms with Gasteiger partial charge in [-0.15, -0.1) is 0 Å². The minimum absolute atomic E-state index is 0.0271. The number of hydrogen-bond acceptors (Lipinski definition) is 7. The summed E-state index contributed by atoms with van der Waals surface area (Å²) in [6, 6.07) is 6.66. The number of hydrogen-bond donors (Lipinski definition) is 3. The minimum atomic E-state index is -1.18. The van der Waals surface area contributed by atoms with E-state index < -0.39 is 23.8 Å². The van der Waals surface area contributed by atoms with Crippen LogP contribution >= 0.6 is 0 Å². The van der Waals surface area contributed by atoms with E-state index in [9.17, 15) is 19.2 Å². The molecule has 1 aliphatic rings. The van der Waals surface area contributed by atoms with Crippen LogP contribution in [0.1, 0.15) is 28.8 Å². The lowest BCUT2D eigenvalue weighted by Gasteiger charge is -2.15. The van der Waals surface area contributed by atoms with Gasteiger partial charge in [-0.3, -0.25) is 20.2 Å². The van der Waals surface area contributed by atoms with E-state index in [2.05, 4.69) is 0 Å². The number of carbonyl (C=O) groups is 4. The number of nitrogens with one attached hydrogen (secondary N) is 2. The second-order valence-corrected chi connectivity index (χ2v) is 5.79. The number of furan rings is 1. The number of rotatable bonds is 7. The fourth-order valence-corrected chi connectivity index (χ4v) is 2.49. The molecule has 29 heavy (non-hydrogen) atoms. The maximum atomic E-state index is 11.8. The van der Waals surface area contributed by atoms with Crippen molar-refractivity contribution in [3.8, 4) is 11.5 Å². The summed E-state index contributed by atoms with van der Waals surface area (Å²) in [5, 5.41) is 12.9. The van der Waals surface area contributed by atoms with Gasteiger partial charge in [0.25, 0.3) is 11.8 Å². The molecule has 1 saturated heterocycles. The Morgan fingerprint density at radius 2 is 1.79 bits per heavy atom. The van der Waals surface area contributed by atoms with E-state index in [-0.39, 0.29) is 17.9 Å². The van der Waals surface area contributed by atoms with E-state index in [0.29, 0.717) is 29.4 Å². The average molecular weight is 400 g/mol. The van der Waals surface area contributed by atoms with Gasteiger partial charge in [0, 0.05) is 0 Å². The molecule has 3 rings (SSSR count). The lowest BCUT2D eigenvalue weighted by atomic mass is 10.1. The number of benzene rings is 1. The van der Waals surface area contributed by atoms with Gasteiger partial charge < -0.3 is 19.0 Å². The number of aromatic carboxylic acids is 1. The second kappa shape index (κ2) is 8.30. The van der Waals surface area contributed by atoms with E-state index in [4.69, 9.17) is 19.0 Å². The molecule has 2 aromatic rings. The summed E-state index contributed by atoms with van der Waals surface area (Å²) in [7, 11) is 0. The van der Waals surface area contributed by atoms with Crippen LogP contribution < -0.4 is 20.1 Å². The highest BCUT2D eigenvalue weighted by Gasteiger charge is 2.27. The summed E-state index contributed by atoms with van der Waals surface area (Å²) in [4.78, 5) is 45.7. The lowest BCUT2D eigenvalue weighted by molar-refractivity contribution is -0.123. The van der Waals surface area contributed by atoms with Crippen LogP contribution in [0.3, 0.4) is 0 Å². The van der Waals surface area contributed by atoms with Crippen LogP contribution in [0.2, 0.25) is 0 Å². The van der Waals surface area contributed by atoms with Crippen molar-refractivity contribution in [1.29, 1.82) is 0 Å². The lowest BCUT2D eigenvalue weighted by Crippen LogP contribution is -2.51. The predicted molar refractivity (Wildman–Crippen MR) is 97.3 cm³/mol. The van der Waals surface area contributed by atoms with Crippen LogP contribution in [0.4, 0.5) is 4.79 Å². The largest absolute Gasteiger partial charge is 0.490 e. The highest BCUT2D eigenvalue weighted by atomic mass is 16.5. The molecule has 4 amide bonds. The van der Waals surface area contributed by atoms with Crippen LogP contribution in [0, 0.1) is 0 Å². The summed E-state index contributed by atoms with van der Waals surface area (Å²) in [5.74, 6) is -1.96. The molecule has 1 aromatic heterocycles. The van der Waals surface area contributed by atoms with Gasteiger partial charge in [0.05, 0.1) is 6.61 Å². The monoisotopic (exact) mass is 400 g/mol. The molecular formula is C19H16N2O8. The van der Waals surface area contributed by atoms with Gasteiger partial charge in [-0.1, -0.05) is 6.07 Å². The Kier molecular flexibility index (Phi) is 5.63. The molecule has 2 heterocycles. The Labute approximate surface area is 164 Å². The van der Waals surface area contributed by atoms with Gasteiger partial charge >= 0.3 is 12.0 Å². The first-order valence-electron chi connectivity index (χ1n) is 8.47. The molecule has 0 radical (unpaired) electrons. The first-order valence-corrected chi connectivity index (χ1v) is 8.47. The number of imide groups is 2. The van der Waals surface area contributed by atoms with Crippen molar-refractivity contribution in [2.24, 2.45) is 0 Å². The van der Waals surface area contributed by atoms with Crippen molar-refractivity contribution in [2.75, 3.05) is 6.61 Å². The quantitative estimate of drug-likeness (QED) is 0.471. The summed E-state index contributed by atoms with van der Waals surface area (Å²) in [6.07, 6.45) is 1.31. The van der Waals surface area contributed by atoms with Crippen molar-refractivity contribution >= 4 is 29.9 Å². The molecule has 0 atom stereocenters. The number of amides is 4. The number of carbonyl (C=O) groups excluding carboxylic acids is 3. The fourth-order valence-electron chi connectivity index (χ4n) is 2.49. The molecule has 0 unspecified atom stereocenters. The third-order valence-corrected chi connectivity index (χ3v) is 3.76. The van der Waals surface area contributed by atoms with Gasteiger partial charge in [0.1, 0.15) is 17.9 Å². The van der Waals surface area contributed by atoms with Crippen molar-refractivity contribution in [3.05, 3.63) is 53.0 Å². The Morgan fingerprint density at radius 3 is 2.41 bits per heavy atom. The van der Waals surface area contributed by atoms with Crippen LogP contribution in [0.15, 0.2) is 40.3 Å². The zero-order valence-electron chi connectivity index (χ0n) is 15.2. The summed E-state index contributed by atoms with van der Waals surface area (Å²) >= 11 is 0. The number of ether oxygens (including phenoxy) is 2. The summed E-state index contributed by atoms with van der Waals surface area (Å²) in [6.45, 7) is 2.07. The molecule has 10 heteroatoms. The molecule has 3 N–H and O–H groups in total. The number of carboxylic acid groups (broad SMARTS) is 1. The Morgan fingerprint density at radius 1 is 1.07 bits per heavy atom. The summed E-state index contributed by atoms with van der Waals surface area (Å²) in [5.41, 5.74) is 0.249. The molecular weight excluding hydrogens is 384 g/mol. The van der Waals surface area contributed by atoms with E-state index in [1.807, 2.05) is 10.6 Å². The number of barbiturate groups is 1. The van der Waals surface area contributed by atoms with E-state index >= 15 is 0 Å². The van der Waals surface area contributed by atoms with Crippen LogP contribution in [-0.2, 0) is 16.2 Å². The van der Waals surface area contributed by atoms with Crippen molar-refractivity contribution in [2.45, 2.75) is 13.5 Å². The molecule has 0 aliphatic carbocycles. The number of carboxylic acids is 1. The molecule has 0 saturated carbocycles. The molecule has 1 fully saturated rings. The zero-order valence-corrected chi connectivity index (χ0v) is 15.2. The first kappa shape index (κ1) is 19.7. The molecule has 1 aliphatic heterocycles. The third kappa shape index (κ3) is 4.61. The SMILES string of the molecule is CCOc1cc(C=C2C(=O)NC(=O)NC2=O)ccc1OCc1ccc(C(=O)O)o1. The van der Waals surface area contributed by atoms with Gasteiger partial charge in [0.15, 0.2) is 11.5 Å². The first-order chi connectivity index (χ1) is 13.9. The highest BCUT2D eigenvalue weighted by Crippen LogP contribution is 2.30. The number of urea groups is 1. The molecule has 0 spiro atoms. The van der Waals surface area contributed by atoms with Crippen LogP contribution in [0.25, 0.3) is 6.08 Å². The maximum Gasteiger partial charge on any atom is 0.371 e. The Bertz CT molecular complexity index is 999. The molecule has 1 aromatic carbocycles. The molecule has 10 nitrogen and oxygen atoms in total. The van der Waals surface area contributed by atoms with Gasteiger partial charge in [-0.25, -0.2) is 9.59 Å². The van der Waals surface area contributed by atoms with Crippen molar-refractivity contribution in [3.63, 3.8) is 0 Å². The average Bonchev–Trinajstić information content (AvgIpc) is 3.13. The van der Waals surface area contributed by atoms with Gasteiger partial charge in [0.2, 0.25) is 5.76 Å². The third-order valence-electron chi connectivity index (χ3n) is 3.76. The van der Waals surface area contributed by atoms with Gasteiger partial charge in [-0.2, -0.15) is 0 Å². The van der Waals surface area contributed by atoms with E-state index in [0.717, 1.165) is 0 Å². The minimum Gasteiger partial charge on any atom is -0.490 e. The summed E-state index contributed by atoms with van der Waals surface area (Å²) < 4.78 is 16.3. The van der Waals surface area contributed by atoms with Crippen molar-refractivity contribution < 1.29 is 38.2 Å². The predicted octanol–water partition coefficient (Wildman–Crippen LogP) is 1.70. The van der Waals surface area contributed by atoms with Crippen LogP contribution in [0.5, 0.6) is 11.5 Å². The highest BCUT2D eigenvalue weighted by molar-refractivity contribution is 6.31. The maximum absolute atomic E-state index is 11.8. The van der Waals surface area contributed by atoms with Gasteiger partial charge in [-0.05, 0) is 42.8 Å². The Balaban J connectivity index is 1.80. The smallest absolute Gasteiger partial charge is 0.371 e. The van der Waals surface area contributed by atoms with E-state index in [1.54, 1.807) is 25.1 Å². The van der Waals surface area contributed by atoms with Crippen molar-refractivity contribution in [1.82, 2.24) is 10.6 Å². The normalized spacial score (nSPS) is 13.6. The zero-order chi connectivity index (χ0) is 21.0. The Hall–Kier alpha value is -4.08. The molecule has 150 valence electrons. The standard InChI is InChI=1S/C19H16N2O8/c1-2-27-15-8-10(7-12-16(22)20-19(26)21-17(12)23)3-5-13(15)28-9-11-4-6-14(29-11)18(24)25/h3-8H,2,9H2,1H3,(H,24,25)(H2,20,21,22,23,26). The van der Waals surface area contributed by atoms with Crippen LogP contribution in [-0.4, -0.2) is 35.5 Å².